The molecule has 20 heavy (non-hydrogen) atoms. The number of para-hydroxylation sites is 2. The molecule has 7 nitrogen and oxygen atoms in total. The second kappa shape index (κ2) is 4.49. The van der Waals surface area contributed by atoms with Crippen molar-refractivity contribution in [2.24, 2.45) is 0 Å². The van der Waals surface area contributed by atoms with E-state index in [0.29, 0.717) is 5.52 Å². The van der Waals surface area contributed by atoms with Gasteiger partial charge < -0.3 is 10.7 Å². The van der Waals surface area contributed by atoms with E-state index in [2.05, 4.69) is 19.7 Å². The van der Waals surface area contributed by atoms with Gasteiger partial charge in [0.2, 0.25) is 5.95 Å². The molecule has 0 unspecified atom stereocenters. The van der Waals surface area contributed by atoms with Crippen LogP contribution < -0.4 is 10.5 Å². The number of nitrogens with one attached hydrogen (secondary N) is 2. The van der Waals surface area contributed by atoms with E-state index in [0.717, 1.165) is 5.52 Å². The van der Waals surface area contributed by atoms with Gasteiger partial charge in [0.05, 0.1) is 11.0 Å². The van der Waals surface area contributed by atoms with Gasteiger partial charge in [-0.05, 0) is 24.3 Å². The van der Waals surface area contributed by atoms with E-state index < -0.39 is 10.0 Å². The summed E-state index contributed by atoms with van der Waals surface area (Å²) >= 11 is 0. The standard InChI is InChI=1S/C12H11N5O2S/c13-11-10(6-3-7-14-11)20(18,19)17-12-15-8-4-1-2-5-9(8)16-12/h1-7H,(H2,13,14)(H2,15,16,17). The minimum atomic E-state index is -3.82. The number of hydrogen-bond acceptors (Lipinski definition) is 5. The Morgan fingerprint density at radius 2 is 1.95 bits per heavy atom. The summed E-state index contributed by atoms with van der Waals surface area (Å²) in [7, 11) is -3.82. The second-order valence-electron chi connectivity index (χ2n) is 4.09. The van der Waals surface area contributed by atoms with Crippen LogP contribution in [0.1, 0.15) is 0 Å². The van der Waals surface area contributed by atoms with Crippen LogP contribution in [0.4, 0.5) is 11.8 Å². The van der Waals surface area contributed by atoms with Gasteiger partial charge in [0.1, 0.15) is 10.7 Å². The molecule has 0 saturated carbocycles. The number of nitrogens with two attached hydrogens (primary N) is 1. The molecule has 1 aromatic carbocycles. The minimum Gasteiger partial charge on any atom is -0.383 e. The van der Waals surface area contributed by atoms with Gasteiger partial charge in [-0.1, -0.05) is 12.1 Å². The zero-order valence-electron chi connectivity index (χ0n) is 10.2. The normalized spacial score (nSPS) is 11.6. The summed E-state index contributed by atoms with van der Waals surface area (Å²) in [6.07, 6.45) is 1.43. The summed E-state index contributed by atoms with van der Waals surface area (Å²) in [5.74, 6) is 0.0746. The zero-order chi connectivity index (χ0) is 14.2. The van der Waals surface area contributed by atoms with Crippen LogP contribution in [-0.4, -0.2) is 23.4 Å². The van der Waals surface area contributed by atoms with Crippen LogP contribution in [0, 0.1) is 0 Å². The number of sulfonamides is 1. The largest absolute Gasteiger partial charge is 0.383 e. The predicted octanol–water partition coefficient (Wildman–Crippen LogP) is 1.34. The first kappa shape index (κ1) is 12.4. The van der Waals surface area contributed by atoms with Crippen molar-refractivity contribution in [3.8, 4) is 0 Å². The van der Waals surface area contributed by atoms with Crippen molar-refractivity contribution in [1.82, 2.24) is 15.0 Å². The van der Waals surface area contributed by atoms with Crippen molar-refractivity contribution in [1.29, 1.82) is 0 Å². The number of hydrogen-bond donors (Lipinski definition) is 3. The number of aromatic amines is 1. The molecule has 0 atom stereocenters. The molecular weight excluding hydrogens is 278 g/mol. The van der Waals surface area contributed by atoms with E-state index in [4.69, 9.17) is 5.73 Å². The van der Waals surface area contributed by atoms with Gasteiger partial charge in [-0.2, -0.15) is 0 Å². The number of rotatable bonds is 3. The Morgan fingerprint density at radius 3 is 2.70 bits per heavy atom. The molecule has 0 aliphatic rings. The number of nitrogen functional groups attached to an aromatic ring is 1. The summed E-state index contributed by atoms with van der Waals surface area (Å²) in [5.41, 5.74) is 6.99. The molecule has 0 fully saturated rings. The molecular formula is C12H11N5O2S. The lowest BCUT2D eigenvalue weighted by molar-refractivity contribution is 0.601. The third-order valence-corrected chi connectivity index (χ3v) is 4.10. The maximum atomic E-state index is 12.2. The van der Waals surface area contributed by atoms with Gasteiger partial charge in [-0.3, -0.25) is 0 Å². The van der Waals surface area contributed by atoms with Gasteiger partial charge in [0.25, 0.3) is 10.0 Å². The molecule has 0 spiro atoms. The lowest BCUT2D eigenvalue weighted by Crippen LogP contribution is -2.16. The topological polar surface area (TPSA) is 114 Å². The van der Waals surface area contributed by atoms with Crippen LogP contribution in [-0.2, 0) is 10.0 Å². The number of pyridine rings is 1. The average molecular weight is 289 g/mol. The number of imidazole rings is 1. The number of anilines is 2. The highest BCUT2D eigenvalue weighted by molar-refractivity contribution is 7.92. The van der Waals surface area contributed by atoms with E-state index in [1.54, 1.807) is 12.1 Å². The minimum absolute atomic E-state index is 0.0592. The summed E-state index contributed by atoms with van der Waals surface area (Å²) < 4.78 is 26.8. The van der Waals surface area contributed by atoms with Crippen molar-refractivity contribution < 1.29 is 8.42 Å². The zero-order valence-corrected chi connectivity index (χ0v) is 11.1. The summed E-state index contributed by atoms with van der Waals surface area (Å²) in [6, 6.07) is 10.1. The highest BCUT2D eigenvalue weighted by atomic mass is 32.2. The Hall–Kier alpha value is -2.61. The van der Waals surface area contributed by atoms with Crippen molar-refractivity contribution in [2.75, 3.05) is 10.5 Å². The van der Waals surface area contributed by atoms with Gasteiger partial charge in [0.15, 0.2) is 0 Å². The fourth-order valence-corrected chi connectivity index (χ4v) is 2.86. The van der Waals surface area contributed by atoms with Crippen LogP contribution in [0.25, 0.3) is 11.0 Å². The molecule has 8 heteroatoms. The maximum Gasteiger partial charge on any atom is 0.267 e. The van der Waals surface area contributed by atoms with Gasteiger partial charge in [-0.25, -0.2) is 23.1 Å². The number of aromatic nitrogens is 3. The molecule has 102 valence electrons. The fourth-order valence-electron chi connectivity index (χ4n) is 1.81. The van der Waals surface area contributed by atoms with Crippen molar-refractivity contribution in [2.45, 2.75) is 4.90 Å². The fraction of sp³-hybridized carbons (Fsp3) is 0. The van der Waals surface area contributed by atoms with Gasteiger partial charge in [-0.15, -0.1) is 0 Å². The summed E-state index contributed by atoms with van der Waals surface area (Å²) in [6.45, 7) is 0. The summed E-state index contributed by atoms with van der Waals surface area (Å²) in [5, 5.41) is 0. The predicted molar refractivity (Wildman–Crippen MR) is 75.6 cm³/mol. The van der Waals surface area contributed by atoms with E-state index in [1.807, 2.05) is 12.1 Å². The van der Waals surface area contributed by atoms with Crippen LogP contribution in [0.5, 0.6) is 0 Å². The highest BCUT2D eigenvalue weighted by Gasteiger charge is 2.19. The first-order valence-corrected chi connectivity index (χ1v) is 7.23. The first-order chi connectivity index (χ1) is 9.56. The third-order valence-electron chi connectivity index (χ3n) is 2.71. The van der Waals surface area contributed by atoms with Crippen LogP contribution in [0.15, 0.2) is 47.5 Å². The molecule has 0 saturated heterocycles. The molecule has 0 aliphatic carbocycles. The monoisotopic (exact) mass is 289 g/mol. The number of benzene rings is 1. The van der Waals surface area contributed by atoms with Gasteiger partial charge in [0, 0.05) is 6.20 Å². The SMILES string of the molecule is Nc1ncccc1S(=O)(=O)Nc1nc2ccccc2[nH]1. The van der Waals surface area contributed by atoms with Gasteiger partial charge >= 0.3 is 0 Å². The van der Waals surface area contributed by atoms with Crippen molar-refractivity contribution in [3.05, 3.63) is 42.6 Å². The van der Waals surface area contributed by atoms with Crippen molar-refractivity contribution in [3.63, 3.8) is 0 Å². The Morgan fingerprint density at radius 1 is 1.15 bits per heavy atom. The molecule has 0 bridgehead atoms. The lowest BCUT2D eigenvalue weighted by atomic mass is 10.3. The van der Waals surface area contributed by atoms with Crippen LogP contribution in [0.3, 0.4) is 0 Å². The molecule has 4 N–H and O–H groups in total. The molecule has 2 heterocycles. The molecule has 2 aromatic heterocycles. The Kier molecular flexibility index (Phi) is 2.79. The lowest BCUT2D eigenvalue weighted by Gasteiger charge is -2.06. The first-order valence-electron chi connectivity index (χ1n) is 5.74. The molecule has 0 aliphatic heterocycles. The number of H-pyrrole nitrogens is 1. The summed E-state index contributed by atoms with van der Waals surface area (Å²) in [4.78, 5) is 10.7. The Labute approximate surface area is 114 Å². The maximum absolute atomic E-state index is 12.2. The molecule has 0 radical (unpaired) electrons. The Bertz CT molecular complexity index is 839. The third kappa shape index (κ3) is 2.16. The van der Waals surface area contributed by atoms with E-state index >= 15 is 0 Å². The highest BCUT2D eigenvalue weighted by Crippen LogP contribution is 2.19. The van der Waals surface area contributed by atoms with Crippen LogP contribution in [0.2, 0.25) is 0 Å². The Balaban J connectivity index is 1.99. The number of nitrogens with zero attached hydrogens (tertiary/aromatic N) is 2. The van der Waals surface area contributed by atoms with Crippen molar-refractivity contribution >= 4 is 32.8 Å². The molecule has 3 aromatic rings. The van der Waals surface area contributed by atoms with E-state index in [-0.39, 0.29) is 16.7 Å². The quantitative estimate of drug-likeness (QED) is 0.673. The van der Waals surface area contributed by atoms with E-state index in [9.17, 15) is 8.42 Å². The number of fused-ring (bicyclic) bond motifs is 1. The average Bonchev–Trinajstić information content (AvgIpc) is 2.80. The van der Waals surface area contributed by atoms with Crippen LogP contribution >= 0.6 is 0 Å². The van der Waals surface area contributed by atoms with E-state index in [1.165, 1.54) is 18.3 Å². The molecule has 3 rings (SSSR count). The smallest absolute Gasteiger partial charge is 0.267 e. The second-order valence-corrected chi connectivity index (χ2v) is 5.75. The molecule has 0 amide bonds.